The van der Waals surface area contributed by atoms with Crippen LogP contribution in [0.4, 0.5) is 0 Å². The second kappa shape index (κ2) is 5.19. The summed E-state index contributed by atoms with van der Waals surface area (Å²) in [5.41, 5.74) is 1.39. The van der Waals surface area contributed by atoms with Gasteiger partial charge in [-0.2, -0.15) is 0 Å². The van der Waals surface area contributed by atoms with Crippen molar-refractivity contribution in [2.75, 3.05) is 13.1 Å². The first-order valence-electron chi connectivity index (χ1n) is 7.81. The highest BCUT2D eigenvalue weighted by Crippen LogP contribution is 2.19. The van der Waals surface area contributed by atoms with Gasteiger partial charge in [0.05, 0.1) is 11.0 Å². The van der Waals surface area contributed by atoms with Crippen LogP contribution in [-0.2, 0) is 0 Å². The number of benzene rings is 1. The van der Waals surface area contributed by atoms with Gasteiger partial charge >= 0.3 is 0 Å². The van der Waals surface area contributed by atoms with Crippen molar-refractivity contribution in [1.29, 1.82) is 0 Å². The summed E-state index contributed by atoms with van der Waals surface area (Å²) in [6.45, 7) is 3.53. The molecule has 0 aliphatic carbocycles. The van der Waals surface area contributed by atoms with Gasteiger partial charge < -0.3 is 9.88 Å². The third-order valence-corrected chi connectivity index (χ3v) is 4.41. The summed E-state index contributed by atoms with van der Waals surface area (Å²) in [7, 11) is 0. The Morgan fingerprint density at radius 2 is 2.17 bits per heavy atom. The maximum atomic E-state index is 12.8. The molecule has 1 aliphatic rings. The van der Waals surface area contributed by atoms with Crippen molar-refractivity contribution in [3.05, 3.63) is 40.3 Å². The fourth-order valence-corrected chi connectivity index (χ4v) is 3.27. The average Bonchev–Trinajstić information content (AvgIpc) is 3.00. The zero-order valence-electron chi connectivity index (χ0n) is 12.8. The largest absolute Gasteiger partial charge is 0.337 e. The quantitative estimate of drug-likeness (QED) is 0.737. The first-order valence-corrected chi connectivity index (χ1v) is 7.81. The van der Waals surface area contributed by atoms with E-state index < -0.39 is 0 Å². The van der Waals surface area contributed by atoms with Gasteiger partial charge in [0, 0.05) is 13.1 Å². The lowest BCUT2D eigenvalue weighted by molar-refractivity contribution is 0.0679. The summed E-state index contributed by atoms with van der Waals surface area (Å²) < 4.78 is 1.45. The highest BCUT2D eigenvalue weighted by atomic mass is 16.2. The fraction of sp³-hybridized carbons (Fsp3) is 0.375. The molecule has 0 bridgehead atoms. The third-order valence-electron chi connectivity index (χ3n) is 4.41. The number of para-hydroxylation sites is 2. The molecule has 1 aromatic carbocycles. The average molecular weight is 311 g/mol. The smallest absolute Gasteiger partial charge is 0.277 e. The Labute approximate surface area is 131 Å². The van der Waals surface area contributed by atoms with Crippen molar-refractivity contribution in [2.45, 2.75) is 19.8 Å². The summed E-state index contributed by atoms with van der Waals surface area (Å²) in [4.78, 5) is 29.7. The van der Waals surface area contributed by atoms with Crippen LogP contribution in [0.25, 0.3) is 16.6 Å². The predicted octanol–water partition coefficient (Wildman–Crippen LogP) is 1.44. The number of piperidine rings is 1. The number of hydrogen-bond donors (Lipinski definition) is 1. The number of fused-ring (bicyclic) bond motifs is 3. The van der Waals surface area contributed by atoms with Crippen molar-refractivity contribution >= 4 is 22.5 Å². The van der Waals surface area contributed by atoms with Crippen LogP contribution in [0.3, 0.4) is 0 Å². The second-order valence-electron chi connectivity index (χ2n) is 6.17. The molecule has 7 heteroatoms. The number of hydrogen-bond acceptors (Lipinski definition) is 4. The molecule has 1 amide bonds. The van der Waals surface area contributed by atoms with Crippen LogP contribution >= 0.6 is 0 Å². The van der Waals surface area contributed by atoms with Gasteiger partial charge in [0.25, 0.3) is 11.5 Å². The molecule has 118 valence electrons. The number of carbonyl (C=O) groups excluding carboxylic acids is 1. The zero-order valence-corrected chi connectivity index (χ0v) is 12.8. The minimum absolute atomic E-state index is 0.131. The van der Waals surface area contributed by atoms with Gasteiger partial charge in [-0.05, 0) is 30.9 Å². The molecule has 0 spiro atoms. The van der Waals surface area contributed by atoms with Gasteiger partial charge in [0.1, 0.15) is 0 Å². The van der Waals surface area contributed by atoms with Gasteiger partial charge in [0.15, 0.2) is 11.2 Å². The summed E-state index contributed by atoms with van der Waals surface area (Å²) in [6, 6.07) is 7.33. The van der Waals surface area contributed by atoms with E-state index in [0.29, 0.717) is 24.5 Å². The van der Waals surface area contributed by atoms with Gasteiger partial charge in [-0.1, -0.05) is 24.3 Å². The maximum absolute atomic E-state index is 12.8. The summed E-state index contributed by atoms with van der Waals surface area (Å²) in [5.74, 6) is 0.251. The van der Waals surface area contributed by atoms with Crippen molar-refractivity contribution in [3.63, 3.8) is 0 Å². The number of carbonyl (C=O) groups is 1. The normalized spacial score (nSPS) is 18.7. The lowest BCUT2D eigenvalue weighted by atomic mass is 10.00. The lowest BCUT2D eigenvalue weighted by Gasteiger charge is -2.30. The van der Waals surface area contributed by atoms with E-state index in [9.17, 15) is 9.59 Å². The molecule has 0 radical (unpaired) electrons. The van der Waals surface area contributed by atoms with E-state index in [1.54, 1.807) is 11.0 Å². The van der Waals surface area contributed by atoms with E-state index in [1.165, 1.54) is 4.52 Å². The molecule has 1 aliphatic heterocycles. The first kappa shape index (κ1) is 13.9. The van der Waals surface area contributed by atoms with Crippen LogP contribution < -0.4 is 5.56 Å². The first-order chi connectivity index (χ1) is 11.1. The Morgan fingerprint density at radius 1 is 1.35 bits per heavy atom. The van der Waals surface area contributed by atoms with Crippen LogP contribution in [0.1, 0.15) is 30.3 Å². The molecule has 0 saturated carbocycles. The lowest BCUT2D eigenvalue weighted by Crippen LogP contribution is -2.39. The molecule has 1 saturated heterocycles. The molecule has 4 rings (SSSR count). The minimum atomic E-state index is -0.345. The minimum Gasteiger partial charge on any atom is -0.337 e. The number of likely N-dealkylation sites (tertiary alicyclic amines) is 1. The molecule has 3 heterocycles. The van der Waals surface area contributed by atoms with Crippen LogP contribution in [-0.4, -0.2) is 43.7 Å². The maximum Gasteiger partial charge on any atom is 0.277 e. The monoisotopic (exact) mass is 311 g/mol. The number of aromatic amines is 1. The van der Waals surface area contributed by atoms with Gasteiger partial charge in [0.2, 0.25) is 0 Å². The van der Waals surface area contributed by atoms with Crippen LogP contribution in [0, 0.1) is 5.92 Å². The number of nitrogens with zero attached hydrogens (tertiary/aromatic N) is 4. The Kier molecular flexibility index (Phi) is 3.14. The molecule has 0 unspecified atom stereocenters. The number of nitrogens with one attached hydrogen (secondary N) is 1. The Hall–Kier alpha value is -2.70. The van der Waals surface area contributed by atoms with Crippen molar-refractivity contribution < 1.29 is 4.79 Å². The highest BCUT2D eigenvalue weighted by Gasteiger charge is 2.27. The molecule has 1 fully saturated rings. The van der Waals surface area contributed by atoms with E-state index in [2.05, 4.69) is 22.2 Å². The summed E-state index contributed by atoms with van der Waals surface area (Å²) in [6.07, 6.45) is 2.10. The molecule has 1 atom stereocenters. The van der Waals surface area contributed by atoms with E-state index in [4.69, 9.17) is 0 Å². The van der Waals surface area contributed by atoms with Crippen LogP contribution in [0.15, 0.2) is 29.1 Å². The number of aromatic nitrogens is 4. The van der Waals surface area contributed by atoms with Crippen molar-refractivity contribution in [1.82, 2.24) is 24.7 Å². The number of rotatable bonds is 1. The van der Waals surface area contributed by atoms with Crippen molar-refractivity contribution in [2.24, 2.45) is 5.92 Å². The number of amides is 1. The SMILES string of the molecule is C[C@@H]1CCCN(C(=O)c2nnn3c2c(=O)[nH]c2ccccc23)C1. The third kappa shape index (κ3) is 2.19. The molecule has 3 aromatic rings. The van der Waals surface area contributed by atoms with Gasteiger partial charge in [-0.3, -0.25) is 9.59 Å². The Bertz CT molecular complexity index is 958. The van der Waals surface area contributed by atoms with Crippen LogP contribution in [0.2, 0.25) is 0 Å². The van der Waals surface area contributed by atoms with Gasteiger partial charge in [-0.15, -0.1) is 5.10 Å². The highest BCUT2D eigenvalue weighted by molar-refractivity contribution is 5.99. The predicted molar refractivity (Wildman–Crippen MR) is 85.4 cm³/mol. The molecule has 23 heavy (non-hydrogen) atoms. The molecule has 7 nitrogen and oxygen atoms in total. The summed E-state index contributed by atoms with van der Waals surface area (Å²) in [5, 5.41) is 8.05. The second-order valence-corrected chi connectivity index (χ2v) is 6.17. The van der Waals surface area contributed by atoms with Crippen molar-refractivity contribution in [3.8, 4) is 0 Å². The Balaban J connectivity index is 1.86. The van der Waals surface area contributed by atoms with E-state index in [1.807, 2.05) is 18.2 Å². The van der Waals surface area contributed by atoms with Gasteiger partial charge in [-0.25, -0.2) is 4.52 Å². The standard InChI is InChI=1S/C16H17N5O2/c1-10-5-4-8-20(9-10)16(23)13-14-15(22)17-11-6-2-3-7-12(11)21(14)19-18-13/h2-3,6-7,10H,4-5,8-9H2,1H3,(H,17,22)/t10-/m1/s1. The molecular weight excluding hydrogens is 294 g/mol. The fourth-order valence-electron chi connectivity index (χ4n) is 3.27. The topological polar surface area (TPSA) is 83.4 Å². The van der Waals surface area contributed by atoms with E-state index in [-0.39, 0.29) is 22.7 Å². The van der Waals surface area contributed by atoms with E-state index in [0.717, 1.165) is 18.4 Å². The molecular formula is C16H17N5O2. The molecule has 1 N–H and O–H groups in total. The zero-order chi connectivity index (χ0) is 16.0. The van der Waals surface area contributed by atoms with E-state index >= 15 is 0 Å². The Morgan fingerprint density at radius 3 is 3.00 bits per heavy atom. The van der Waals surface area contributed by atoms with Crippen LogP contribution in [0.5, 0.6) is 0 Å². The molecule has 2 aromatic heterocycles. The number of H-pyrrole nitrogens is 1. The summed E-state index contributed by atoms with van der Waals surface area (Å²) >= 11 is 0.